The Morgan fingerprint density at radius 2 is 1.85 bits per heavy atom. The molecule has 2 aliphatic rings. The molecule has 2 N–H and O–H groups in total. The first-order chi connectivity index (χ1) is 13.2. The molecule has 5 heteroatoms. The van der Waals surface area contributed by atoms with Crippen LogP contribution in [0.4, 0.5) is 5.95 Å². The quantitative estimate of drug-likeness (QED) is 0.777. The lowest BCUT2D eigenvalue weighted by Gasteiger charge is -2.25. The maximum Gasteiger partial charge on any atom is 0.241 e. The van der Waals surface area contributed by atoms with Crippen LogP contribution in [0.1, 0.15) is 101 Å². The predicted molar refractivity (Wildman–Crippen MR) is 109 cm³/mol. The summed E-state index contributed by atoms with van der Waals surface area (Å²) in [4.78, 5) is 4.64. The average molecular weight is 371 g/mol. The second-order valence-corrected chi connectivity index (χ2v) is 8.70. The van der Waals surface area contributed by atoms with Gasteiger partial charge in [0, 0.05) is 17.7 Å². The molecule has 27 heavy (non-hydrogen) atoms. The van der Waals surface area contributed by atoms with Gasteiger partial charge in [-0.25, -0.2) is 9.50 Å². The Hall–Kier alpha value is -1.62. The summed E-state index contributed by atoms with van der Waals surface area (Å²) in [6.45, 7) is 4.34. The highest BCUT2D eigenvalue weighted by molar-refractivity contribution is 5.58. The lowest BCUT2D eigenvalue weighted by molar-refractivity contribution is 0.121. The Morgan fingerprint density at radius 3 is 2.56 bits per heavy atom. The van der Waals surface area contributed by atoms with E-state index >= 15 is 0 Å². The average Bonchev–Trinajstić information content (AvgIpc) is 3.08. The van der Waals surface area contributed by atoms with E-state index in [0.29, 0.717) is 17.9 Å². The molecule has 1 atom stereocenters. The van der Waals surface area contributed by atoms with Crippen LogP contribution in [0.5, 0.6) is 0 Å². The first-order valence-electron chi connectivity index (χ1n) is 11.0. The molecule has 2 aromatic rings. The molecule has 5 nitrogen and oxygen atoms in total. The monoisotopic (exact) mass is 370 g/mol. The molecule has 148 valence electrons. The standard InChI is InChI=1S/C22H34N4O/c1-3-15(2)24-22-23-14-21-19(16-7-5-4-6-8-16)13-20(26(21)25-22)17-9-11-18(27)12-10-17/h13-18,27H,3-12H2,1-2H3,(H,24,25)/t15-,17?,18?/m0/s1. The number of nitrogens with zero attached hydrogens (tertiary/aromatic N) is 3. The van der Waals surface area contributed by atoms with Crippen LogP contribution in [-0.2, 0) is 0 Å². The molecule has 2 aromatic heterocycles. The van der Waals surface area contributed by atoms with E-state index in [1.165, 1.54) is 48.9 Å². The summed E-state index contributed by atoms with van der Waals surface area (Å²) >= 11 is 0. The van der Waals surface area contributed by atoms with E-state index in [-0.39, 0.29) is 6.10 Å². The largest absolute Gasteiger partial charge is 0.393 e. The molecule has 0 amide bonds. The van der Waals surface area contributed by atoms with Crippen molar-refractivity contribution in [1.82, 2.24) is 14.6 Å². The molecular weight excluding hydrogens is 336 g/mol. The highest BCUT2D eigenvalue weighted by Crippen LogP contribution is 2.40. The Morgan fingerprint density at radius 1 is 1.11 bits per heavy atom. The fourth-order valence-electron chi connectivity index (χ4n) is 4.83. The van der Waals surface area contributed by atoms with E-state index in [2.05, 4.69) is 34.7 Å². The smallest absolute Gasteiger partial charge is 0.241 e. The van der Waals surface area contributed by atoms with Crippen molar-refractivity contribution in [2.24, 2.45) is 0 Å². The van der Waals surface area contributed by atoms with Crippen molar-refractivity contribution < 1.29 is 5.11 Å². The third-order valence-electron chi connectivity index (χ3n) is 6.72. The number of hydrogen-bond acceptors (Lipinski definition) is 4. The molecule has 2 fully saturated rings. The zero-order valence-electron chi connectivity index (χ0n) is 16.8. The zero-order valence-corrected chi connectivity index (χ0v) is 16.8. The van der Waals surface area contributed by atoms with Crippen molar-refractivity contribution in [2.45, 2.75) is 102 Å². The minimum atomic E-state index is -0.123. The van der Waals surface area contributed by atoms with Crippen molar-refractivity contribution in [2.75, 3.05) is 5.32 Å². The van der Waals surface area contributed by atoms with Gasteiger partial charge in [-0.3, -0.25) is 0 Å². The number of aromatic nitrogens is 3. The first kappa shape index (κ1) is 18.7. The molecule has 0 unspecified atom stereocenters. The number of nitrogens with one attached hydrogen (secondary N) is 1. The number of aliphatic hydroxyl groups is 1. The van der Waals surface area contributed by atoms with E-state index in [1.54, 1.807) is 0 Å². The minimum Gasteiger partial charge on any atom is -0.393 e. The van der Waals surface area contributed by atoms with Gasteiger partial charge < -0.3 is 10.4 Å². The van der Waals surface area contributed by atoms with E-state index in [0.717, 1.165) is 38.1 Å². The molecule has 0 radical (unpaired) electrons. The minimum absolute atomic E-state index is 0.123. The van der Waals surface area contributed by atoms with Gasteiger partial charge in [0.1, 0.15) is 0 Å². The van der Waals surface area contributed by atoms with Gasteiger partial charge in [0.25, 0.3) is 0 Å². The number of anilines is 1. The number of rotatable bonds is 5. The Bertz CT molecular complexity index is 757. The van der Waals surface area contributed by atoms with Crippen molar-refractivity contribution in [1.29, 1.82) is 0 Å². The third-order valence-corrected chi connectivity index (χ3v) is 6.72. The summed E-state index contributed by atoms with van der Waals surface area (Å²) in [5.41, 5.74) is 3.97. The molecular formula is C22H34N4O. The molecule has 2 aliphatic carbocycles. The van der Waals surface area contributed by atoms with Gasteiger partial charge in [0.05, 0.1) is 17.8 Å². The number of hydrogen-bond donors (Lipinski definition) is 2. The Kier molecular flexibility index (Phi) is 5.67. The molecule has 4 rings (SSSR count). The summed E-state index contributed by atoms with van der Waals surface area (Å²) in [6, 6.07) is 2.79. The summed E-state index contributed by atoms with van der Waals surface area (Å²) in [5.74, 6) is 1.86. The van der Waals surface area contributed by atoms with Crippen LogP contribution in [0.2, 0.25) is 0 Å². The predicted octanol–water partition coefficient (Wildman–Crippen LogP) is 5.01. The van der Waals surface area contributed by atoms with Crippen LogP contribution in [0.15, 0.2) is 12.3 Å². The van der Waals surface area contributed by atoms with Gasteiger partial charge in [-0.05, 0) is 69.4 Å². The summed E-state index contributed by atoms with van der Waals surface area (Å²) in [6.07, 6.45) is 13.5. The van der Waals surface area contributed by atoms with Gasteiger partial charge in [0.2, 0.25) is 5.95 Å². The fourth-order valence-corrected chi connectivity index (χ4v) is 4.83. The number of fused-ring (bicyclic) bond motifs is 1. The van der Waals surface area contributed by atoms with Crippen LogP contribution in [0, 0.1) is 0 Å². The van der Waals surface area contributed by atoms with Crippen LogP contribution in [0.25, 0.3) is 5.52 Å². The topological polar surface area (TPSA) is 62.5 Å². The van der Waals surface area contributed by atoms with Gasteiger partial charge in [0.15, 0.2) is 0 Å². The SMILES string of the molecule is CC[C@H](C)Nc1ncc2c(C3CCCCC3)cc(C3CCC(O)CC3)n2n1. The summed E-state index contributed by atoms with van der Waals surface area (Å²) in [7, 11) is 0. The van der Waals surface area contributed by atoms with Crippen molar-refractivity contribution in [3.8, 4) is 0 Å². The normalized spacial score (nSPS) is 25.6. The first-order valence-corrected chi connectivity index (χ1v) is 11.0. The second kappa shape index (κ2) is 8.17. The Labute approximate surface area is 162 Å². The lowest BCUT2D eigenvalue weighted by Crippen LogP contribution is -2.19. The molecule has 0 aliphatic heterocycles. The van der Waals surface area contributed by atoms with Crippen LogP contribution < -0.4 is 5.32 Å². The van der Waals surface area contributed by atoms with Crippen molar-refractivity contribution in [3.05, 3.63) is 23.5 Å². The highest BCUT2D eigenvalue weighted by atomic mass is 16.3. The molecule has 0 spiro atoms. The van der Waals surface area contributed by atoms with Crippen molar-refractivity contribution >= 4 is 11.5 Å². The fraction of sp³-hybridized carbons (Fsp3) is 0.727. The van der Waals surface area contributed by atoms with E-state index in [1.807, 2.05) is 6.20 Å². The lowest BCUT2D eigenvalue weighted by atomic mass is 9.83. The maximum absolute atomic E-state index is 9.92. The van der Waals surface area contributed by atoms with Crippen LogP contribution in [0.3, 0.4) is 0 Å². The molecule has 0 bridgehead atoms. The number of aliphatic hydroxyl groups excluding tert-OH is 1. The maximum atomic E-state index is 9.92. The summed E-state index contributed by atoms with van der Waals surface area (Å²) in [5, 5.41) is 18.3. The van der Waals surface area contributed by atoms with E-state index in [4.69, 9.17) is 5.10 Å². The molecule has 2 saturated carbocycles. The molecule has 2 heterocycles. The zero-order chi connectivity index (χ0) is 18.8. The van der Waals surface area contributed by atoms with Gasteiger partial charge in [-0.1, -0.05) is 26.2 Å². The second-order valence-electron chi connectivity index (χ2n) is 8.70. The van der Waals surface area contributed by atoms with Gasteiger partial charge in [-0.15, -0.1) is 5.10 Å². The van der Waals surface area contributed by atoms with Crippen LogP contribution >= 0.6 is 0 Å². The van der Waals surface area contributed by atoms with E-state index < -0.39 is 0 Å². The van der Waals surface area contributed by atoms with E-state index in [9.17, 15) is 5.11 Å². The Balaban J connectivity index is 1.72. The molecule has 0 saturated heterocycles. The van der Waals surface area contributed by atoms with Gasteiger partial charge >= 0.3 is 0 Å². The molecule has 0 aromatic carbocycles. The summed E-state index contributed by atoms with van der Waals surface area (Å²) < 4.78 is 2.17. The van der Waals surface area contributed by atoms with Gasteiger partial charge in [-0.2, -0.15) is 0 Å². The van der Waals surface area contributed by atoms with Crippen molar-refractivity contribution in [3.63, 3.8) is 0 Å². The van der Waals surface area contributed by atoms with Crippen LogP contribution in [-0.4, -0.2) is 31.9 Å². The highest BCUT2D eigenvalue weighted by Gasteiger charge is 2.27. The third kappa shape index (κ3) is 3.98.